The van der Waals surface area contributed by atoms with Crippen LogP contribution in [0.3, 0.4) is 0 Å². The smallest absolute Gasteiger partial charge is 0.226 e. The lowest BCUT2D eigenvalue weighted by Crippen LogP contribution is -2.36. The number of thiophene rings is 1. The maximum atomic E-state index is 12.4. The van der Waals surface area contributed by atoms with Gasteiger partial charge in [0, 0.05) is 27.7 Å². The molecule has 1 aromatic rings. The highest BCUT2D eigenvalue weighted by atomic mass is 79.9. The van der Waals surface area contributed by atoms with E-state index in [1.807, 2.05) is 17.3 Å². The van der Waals surface area contributed by atoms with E-state index in [1.165, 1.54) is 4.88 Å². The molecule has 0 saturated heterocycles. The molecule has 3 nitrogen and oxygen atoms in total. The Hall–Kier alpha value is -0.390. The molecule has 1 aliphatic carbocycles. The molecule has 0 aromatic carbocycles. The fraction of sp³-hybridized carbons (Fsp3) is 0.615. The second kappa shape index (κ2) is 6.17. The highest BCUT2D eigenvalue weighted by Gasteiger charge is 2.33. The molecule has 2 N–H and O–H groups in total. The molecule has 2 unspecified atom stereocenters. The van der Waals surface area contributed by atoms with Gasteiger partial charge in [0.25, 0.3) is 0 Å². The number of hydrogen-bond donors (Lipinski definition) is 1. The van der Waals surface area contributed by atoms with E-state index in [9.17, 15) is 4.79 Å². The number of nitrogens with two attached hydrogens (primary N) is 1. The van der Waals surface area contributed by atoms with E-state index >= 15 is 0 Å². The molecule has 1 aliphatic rings. The SMILES string of the molecule is CN(Cc1cc(Br)cs1)C(=O)C1CCCC1CN. The zero-order valence-corrected chi connectivity index (χ0v) is 13.0. The largest absolute Gasteiger partial charge is 0.340 e. The third-order valence-corrected chi connectivity index (χ3v) is 5.35. The van der Waals surface area contributed by atoms with Crippen LogP contribution < -0.4 is 5.73 Å². The maximum Gasteiger partial charge on any atom is 0.226 e. The number of rotatable bonds is 4. The molecule has 2 atom stereocenters. The maximum absolute atomic E-state index is 12.4. The summed E-state index contributed by atoms with van der Waals surface area (Å²) in [7, 11) is 1.89. The Morgan fingerprint density at radius 2 is 2.39 bits per heavy atom. The highest BCUT2D eigenvalue weighted by molar-refractivity contribution is 9.10. The van der Waals surface area contributed by atoms with Crippen molar-refractivity contribution in [3.63, 3.8) is 0 Å². The van der Waals surface area contributed by atoms with Gasteiger partial charge in [-0.05, 0) is 47.3 Å². The Morgan fingerprint density at radius 1 is 1.61 bits per heavy atom. The van der Waals surface area contributed by atoms with Crippen LogP contribution >= 0.6 is 27.3 Å². The Morgan fingerprint density at radius 3 is 3.00 bits per heavy atom. The molecule has 0 spiro atoms. The van der Waals surface area contributed by atoms with Gasteiger partial charge >= 0.3 is 0 Å². The summed E-state index contributed by atoms with van der Waals surface area (Å²) in [4.78, 5) is 15.4. The first-order valence-corrected chi connectivity index (χ1v) is 7.97. The number of hydrogen-bond acceptors (Lipinski definition) is 3. The molecule has 0 aliphatic heterocycles. The van der Waals surface area contributed by atoms with Crippen LogP contribution in [0.15, 0.2) is 15.9 Å². The second-order valence-corrected chi connectivity index (χ2v) is 6.87. The molecule has 1 amide bonds. The molecular weight excluding hydrogens is 312 g/mol. The quantitative estimate of drug-likeness (QED) is 0.922. The van der Waals surface area contributed by atoms with Gasteiger partial charge in [0.05, 0.1) is 6.54 Å². The Bertz CT molecular complexity index is 421. The van der Waals surface area contributed by atoms with Crippen molar-refractivity contribution in [2.24, 2.45) is 17.6 Å². The summed E-state index contributed by atoms with van der Waals surface area (Å²) in [6.45, 7) is 1.33. The minimum absolute atomic E-state index is 0.142. The normalized spacial score (nSPS) is 23.3. The average Bonchev–Trinajstić information content (AvgIpc) is 2.96. The van der Waals surface area contributed by atoms with E-state index in [1.54, 1.807) is 11.3 Å². The van der Waals surface area contributed by atoms with Crippen LogP contribution in [-0.4, -0.2) is 24.4 Å². The lowest BCUT2D eigenvalue weighted by molar-refractivity contribution is -0.135. The van der Waals surface area contributed by atoms with Crippen molar-refractivity contribution in [2.45, 2.75) is 25.8 Å². The third-order valence-electron chi connectivity index (χ3n) is 3.67. The minimum Gasteiger partial charge on any atom is -0.340 e. The van der Waals surface area contributed by atoms with Crippen LogP contribution in [-0.2, 0) is 11.3 Å². The monoisotopic (exact) mass is 330 g/mol. The van der Waals surface area contributed by atoms with Gasteiger partial charge < -0.3 is 10.6 Å². The Kier molecular flexibility index (Phi) is 4.81. The van der Waals surface area contributed by atoms with Crippen molar-refractivity contribution < 1.29 is 4.79 Å². The van der Waals surface area contributed by atoms with E-state index in [2.05, 4.69) is 22.0 Å². The summed E-state index contributed by atoms with van der Waals surface area (Å²) in [5.41, 5.74) is 5.74. The summed E-state index contributed by atoms with van der Waals surface area (Å²) in [6.07, 6.45) is 3.24. The molecule has 100 valence electrons. The number of carbonyl (C=O) groups is 1. The fourth-order valence-electron chi connectivity index (χ4n) is 2.68. The van der Waals surface area contributed by atoms with Crippen molar-refractivity contribution >= 4 is 33.2 Å². The predicted octanol–water partition coefficient (Wildman–Crippen LogP) is 2.84. The van der Waals surface area contributed by atoms with Gasteiger partial charge in [0.15, 0.2) is 0 Å². The van der Waals surface area contributed by atoms with E-state index in [-0.39, 0.29) is 11.8 Å². The molecule has 1 saturated carbocycles. The van der Waals surface area contributed by atoms with Gasteiger partial charge in [-0.15, -0.1) is 11.3 Å². The standard InChI is InChI=1S/C13H19BrN2OS/c1-16(7-11-5-10(14)8-18-11)13(17)12-4-2-3-9(12)6-15/h5,8-9,12H,2-4,6-7,15H2,1H3. The van der Waals surface area contributed by atoms with Crippen molar-refractivity contribution in [3.8, 4) is 0 Å². The van der Waals surface area contributed by atoms with Crippen LogP contribution in [0.4, 0.5) is 0 Å². The summed E-state index contributed by atoms with van der Waals surface area (Å²) < 4.78 is 1.09. The lowest BCUT2D eigenvalue weighted by atomic mass is 9.95. The van der Waals surface area contributed by atoms with E-state index in [0.29, 0.717) is 19.0 Å². The molecule has 1 fully saturated rings. The molecule has 1 heterocycles. The molecular formula is C13H19BrN2OS. The number of nitrogens with zero attached hydrogens (tertiary/aromatic N) is 1. The van der Waals surface area contributed by atoms with Crippen LogP contribution in [0.5, 0.6) is 0 Å². The van der Waals surface area contributed by atoms with Crippen LogP contribution in [0.2, 0.25) is 0 Å². The van der Waals surface area contributed by atoms with Crippen molar-refractivity contribution in [1.82, 2.24) is 4.90 Å². The van der Waals surface area contributed by atoms with Crippen LogP contribution in [0.25, 0.3) is 0 Å². The number of carbonyl (C=O) groups excluding carboxylic acids is 1. The zero-order valence-electron chi connectivity index (χ0n) is 10.6. The van der Waals surface area contributed by atoms with E-state index in [4.69, 9.17) is 5.73 Å². The van der Waals surface area contributed by atoms with Gasteiger partial charge in [0.1, 0.15) is 0 Å². The number of amides is 1. The lowest BCUT2D eigenvalue weighted by Gasteiger charge is -2.24. The Labute approximate surface area is 120 Å². The van der Waals surface area contributed by atoms with E-state index < -0.39 is 0 Å². The summed E-state index contributed by atoms with van der Waals surface area (Å²) in [5.74, 6) is 0.783. The first-order valence-electron chi connectivity index (χ1n) is 6.29. The Balaban J connectivity index is 1.96. The molecule has 0 bridgehead atoms. The van der Waals surface area contributed by atoms with Gasteiger partial charge in [-0.2, -0.15) is 0 Å². The van der Waals surface area contributed by atoms with E-state index in [0.717, 1.165) is 23.7 Å². The molecule has 1 aromatic heterocycles. The second-order valence-electron chi connectivity index (χ2n) is 4.96. The average molecular weight is 331 g/mol. The fourth-order valence-corrected chi connectivity index (χ4v) is 4.18. The van der Waals surface area contributed by atoms with Gasteiger partial charge in [-0.25, -0.2) is 0 Å². The predicted molar refractivity (Wildman–Crippen MR) is 78.4 cm³/mol. The van der Waals surface area contributed by atoms with Crippen LogP contribution in [0.1, 0.15) is 24.1 Å². The van der Waals surface area contributed by atoms with Crippen LogP contribution in [0, 0.1) is 11.8 Å². The summed E-state index contributed by atoms with van der Waals surface area (Å²) >= 11 is 5.12. The molecule has 5 heteroatoms. The van der Waals surface area contributed by atoms with Crippen molar-refractivity contribution in [2.75, 3.05) is 13.6 Å². The van der Waals surface area contributed by atoms with Gasteiger partial charge in [0.2, 0.25) is 5.91 Å². The van der Waals surface area contributed by atoms with Crippen molar-refractivity contribution in [3.05, 3.63) is 20.8 Å². The minimum atomic E-state index is 0.142. The van der Waals surface area contributed by atoms with Gasteiger partial charge in [-0.1, -0.05) is 6.42 Å². The third kappa shape index (κ3) is 3.13. The molecule has 0 radical (unpaired) electrons. The zero-order chi connectivity index (χ0) is 13.1. The topological polar surface area (TPSA) is 46.3 Å². The van der Waals surface area contributed by atoms with Crippen molar-refractivity contribution in [1.29, 1.82) is 0 Å². The first-order chi connectivity index (χ1) is 8.61. The first kappa shape index (κ1) is 14.0. The number of halogens is 1. The molecule has 2 rings (SSSR count). The summed E-state index contributed by atoms with van der Waals surface area (Å²) in [6, 6.07) is 2.07. The highest BCUT2D eigenvalue weighted by Crippen LogP contribution is 2.32. The molecule has 18 heavy (non-hydrogen) atoms. The van der Waals surface area contributed by atoms with Gasteiger partial charge in [-0.3, -0.25) is 4.79 Å². The summed E-state index contributed by atoms with van der Waals surface area (Å²) in [5, 5.41) is 2.05.